The van der Waals surface area contributed by atoms with Gasteiger partial charge in [-0.25, -0.2) is 4.18 Å². The van der Waals surface area contributed by atoms with E-state index < -0.39 is 26.4 Å². The Morgan fingerprint density at radius 1 is 0.590 bits per heavy atom. The zero-order chi connectivity index (χ0) is 28.5. The monoisotopic (exact) mass is 582 g/mol. The number of hydrogen-bond acceptors (Lipinski definition) is 6. The highest BCUT2D eigenvalue weighted by molar-refractivity contribution is 7.94. The first-order valence-corrected chi connectivity index (χ1v) is 17.1. The maximum atomic E-state index is 12.6. The fourth-order valence-electron chi connectivity index (χ4n) is 5.05. The van der Waals surface area contributed by atoms with Crippen LogP contribution in [0.5, 0.6) is 0 Å². The zero-order valence-corrected chi connectivity index (χ0v) is 24.9. The summed E-state index contributed by atoms with van der Waals surface area (Å²) >= 11 is 0. The molecule has 1 N–H and O–H groups in total. The maximum absolute atomic E-state index is 12.6. The lowest BCUT2D eigenvalue weighted by atomic mass is 9.82. The summed E-state index contributed by atoms with van der Waals surface area (Å²) in [4.78, 5) is 0. The van der Waals surface area contributed by atoms with Gasteiger partial charge in [0.15, 0.2) is 0 Å². The summed E-state index contributed by atoms with van der Waals surface area (Å²) in [5, 5.41) is 0. The Morgan fingerprint density at radius 2 is 0.949 bits per heavy atom. The summed E-state index contributed by atoms with van der Waals surface area (Å²) in [7, 11) is -10.4. The van der Waals surface area contributed by atoms with E-state index in [1.54, 1.807) is 60.7 Å². The topological polar surface area (TPSA) is 107 Å². The molecule has 9 heteroatoms. The van der Waals surface area contributed by atoms with E-state index in [0.717, 1.165) is 19.3 Å². The SMILES string of the molecule is CCCCCCCCCCCCCCCCCC(OS(=O)(=O)OS(=O)(=O)O)(c1ccccc1)c1ccccc1. The predicted octanol–water partition coefficient (Wildman–Crippen LogP) is 8.27. The van der Waals surface area contributed by atoms with Crippen LogP contribution >= 0.6 is 0 Å². The van der Waals surface area contributed by atoms with Crippen LogP contribution in [0.15, 0.2) is 60.7 Å². The molecular weight excluding hydrogens is 536 g/mol. The predicted molar refractivity (Wildman–Crippen MR) is 156 cm³/mol. The third kappa shape index (κ3) is 13.4. The van der Waals surface area contributed by atoms with Gasteiger partial charge in [-0.15, -0.1) is 3.63 Å². The van der Waals surface area contributed by atoms with Gasteiger partial charge in [-0.05, 0) is 24.0 Å². The Kier molecular flexibility index (Phi) is 15.3. The molecule has 0 radical (unpaired) electrons. The molecule has 0 amide bonds. The minimum absolute atomic E-state index is 0.285. The van der Waals surface area contributed by atoms with Gasteiger partial charge in [0.2, 0.25) is 0 Å². The molecule has 2 rings (SSSR count). The molecule has 0 aliphatic rings. The van der Waals surface area contributed by atoms with Gasteiger partial charge >= 0.3 is 20.8 Å². The average molecular weight is 583 g/mol. The van der Waals surface area contributed by atoms with Crippen LogP contribution in [0, 0.1) is 0 Å². The smallest absolute Gasteiger partial charge is 0.263 e. The summed E-state index contributed by atoms with van der Waals surface area (Å²) in [5.41, 5.74) is -0.420. The minimum Gasteiger partial charge on any atom is -0.263 e. The summed E-state index contributed by atoms with van der Waals surface area (Å²) in [5.74, 6) is 0. The van der Waals surface area contributed by atoms with Crippen molar-refractivity contribution in [1.82, 2.24) is 0 Å². The third-order valence-corrected chi connectivity index (χ3v) is 8.87. The second-order valence-corrected chi connectivity index (χ2v) is 12.6. The lowest BCUT2D eigenvalue weighted by molar-refractivity contribution is 0.0894. The van der Waals surface area contributed by atoms with Crippen molar-refractivity contribution in [2.24, 2.45) is 0 Å². The van der Waals surface area contributed by atoms with Crippen LogP contribution < -0.4 is 0 Å². The van der Waals surface area contributed by atoms with Gasteiger partial charge in [-0.1, -0.05) is 157 Å². The van der Waals surface area contributed by atoms with Crippen molar-refractivity contribution in [2.45, 2.75) is 115 Å². The molecule has 0 atom stereocenters. The number of unbranched alkanes of at least 4 members (excludes halogenated alkanes) is 14. The number of hydrogen-bond donors (Lipinski definition) is 1. The first kappa shape index (κ1) is 33.4. The van der Waals surface area contributed by atoms with Crippen LogP contribution in [0.25, 0.3) is 0 Å². The second-order valence-electron chi connectivity index (χ2n) is 10.2. The molecular formula is C30H46O7S2. The minimum atomic E-state index is -5.28. The Labute approximate surface area is 236 Å². The fourth-order valence-corrected chi connectivity index (χ4v) is 6.62. The quantitative estimate of drug-likeness (QED) is 0.110. The molecule has 39 heavy (non-hydrogen) atoms. The Morgan fingerprint density at radius 3 is 1.31 bits per heavy atom. The first-order valence-electron chi connectivity index (χ1n) is 14.4. The molecule has 0 heterocycles. The van der Waals surface area contributed by atoms with Crippen LogP contribution in [-0.4, -0.2) is 21.4 Å². The molecule has 2 aromatic carbocycles. The third-order valence-electron chi connectivity index (χ3n) is 7.03. The molecule has 0 aliphatic carbocycles. The highest BCUT2D eigenvalue weighted by atomic mass is 32.3. The van der Waals surface area contributed by atoms with Gasteiger partial charge in [0.25, 0.3) is 0 Å². The molecule has 0 unspecified atom stereocenters. The largest absolute Gasteiger partial charge is 0.417 e. The molecule has 220 valence electrons. The van der Waals surface area contributed by atoms with Crippen molar-refractivity contribution in [2.75, 3.05) is 0 Å². The van der Waals surface area contributed by atoms with Crippen molar-refractivity contribution in [3.63, 3.8) is 0 Å². The second kappa shape index (κ2) is 17.8. The lowest BCUT2D eigenvalue weighted by Crippen LogP contribution is -2.35. The molecule has 0 aliphatic heterocycles. The van der Waals surface area contributed by atoms with Crippen LogP contribution in [0.1, 0.15) is 121 Å². The van der Waals surface area contributed by atoms with Crippen LogP contribution in [-0.2, 0) is 34.2 Å². The van der Waals surface area contributed by atoms with E-state index in [4.69, 9.17) is 8.74 Å². The Hall–Kier alpha value is -1.78. The van der Waals surface area contributed by atoms with Gasteiger partial charge in [0.1, 0.15) is 5.60 Å². The number of rotatable bonds is 22. The van der Waals surface area contributed by atoms with E-state index in [9.17, 15) is 16.8 Å². The van der Waals surface area contributed by atoms with Crippen molar-refractivity contribution in [3.8, 4) is 0 Å². The molecule has 0 bridgehead atoms. The van der Waals surface area contributed by atoms with Crippen LogP contribution in [0.3, 0.4) is 0 Å². The van der Waals surface area contributed by atoms with E-state index in [1.165, 1.54) is 70.6 Å². The van der Waals surface area contributed by atoms with Crippen molar-refractivity contribution in [1.29, 1.82) is 0 Å². The highest BCUT2D eigenvalue weighted by Crippen LogP contribution is 2.40. The van der Waals surface area contributed by atoms with Crippen LogP contribution in [0.4, 0.5) is 0 Å². The highest BCUT2D eigenvalue weighted by Gasteiger charge is 2.41. The summed E-state index contributed by atoms with van der Waals surface area (Å²) < 4.78 is 66.0. The van der Waals surface area contributed by atoms with E-state index >= 15 is 0 Å². The molecule has 0 saturated carbocycles. The number of benzene rings is 2. The molecule has 7 nitrogen and oxygen atoms in total. The van der Waals surface area contributed by atoms with Gasteiger partial charge in [-0.2, -0.15) is 16.8 Å². The molecule has 0 aromatic heterocycles. The molecule has 0 spiro atoms. The van der Waals surface area contributed by atoms with Gasteiger partial charge < -0.3 is 0 Å². The Bertz CT molecular complexity index is 1080. The first-order chi connectivity index (χ1) is 18.7. The average Bonchev–Trinajstić information content (AvgIpc) is 2.89. The van der Waals surface area contributed by atoms with Gasteiger partial charge in [-0.3, -0.25) is 4.55 Å². The molecule has 0 fully saturated rings. The summed E-state index contributed by atoms with van der Waals surface area (Å²) in [6.07, 6.45) is 18.4. The van der Waals surface area contributed by atoms with E-state index in [2.05, 4.69) is 10.6 Å². The van der Waals surface area contributed by atoms with Crippen molar-refractivity contribution < 1.29 is 29.2 Å². The van der Waals surface area contributed by atoms with Gasteiger partial charge in [0, 0.05) is 0 Å². The van der Waals surface area contributed by atoms with E-state index in [0.29, 0.717) is 17.5 Å². The normalized spacial score (nSPS) is 12.6. The maximum Gasteiger partial charge on any atom is 0.417 e. The fraction of sp³-hybridized carbons (Fsp3) is 0.600. The van der Waals surface area contributed by atoms with Gasteiger partial charge in [0.05, 0.1) is 0 Å². The van der Waals surface area contributed by atoms with E-state index in [-0.39, 0.29) is 6.42 Å². The van der Waals surface area contributed by atoms with Crippen molar-refractivity contribution in [3.05, 3.63) is 71.8 Å². The molecule has 0 saturated heterocycles. The Balaban J connectivity index is 1.91. The van der Waals surface area contributed by atoms with E-state index in [1.807, 2.05) is 0 Å². The lowest BCUT2D eigenvalue weighted by Gasteiger charge is -2.33. The van der Waals surface area contributed by atoms with Crippen LogP contribution in [0.2, 0.25) is 0 Å². The summed E-state index contributed by atoms with van der Waals surface area (Å²) in [6.45, 7) is 2.25. The zero-order valence-electron chi connectivity index (χ0n) is 23.3. The molecule has 2 aromatic rings. The standard InChI is InChI=1S/C30H46O7S2/c1-2-3-4-5-6-7-8-9-10-11-12-13-14-15-22-27-30(28-23-18-16-19-24-28,29-25-20-17-21-26-29)36-39(34,35)37-38(31,32)33/h16-21,23-26H,2-15,22,27H2,1H3,(H,31,32,33). The summed E-state index contributed by atoms with van der Waals surface area (Å²) in [6, 6.07) is 17.6. The van der Waals surface area contributed by atoms with Crippen molar-refractivity contribution >= 4 is 20.8 Å².